The van der Waals surface area contributed by atoms with Gasteiger partial charge in [-0.15, -0.1) is 0 Å². The maximum atomic E-state index is 12.2. The fraction of sp³-hybridized carbons (Fsp3) is 0.682. The van der Waals surface area contributed by atoms with E-state index in [1.54, 1.807) is 0 Å². The Hall–Kier alpha value is -1.59. The van der Waals surface area contributed by atoms with Gasteiger partial charge in [-0.2, -0.15) is 0 Å². The van der Waals surface area contributed by atoms with Gasteiger partial charge in [-0.1, -0.05) is 44.2 Å². The summed E-state index contributed by atoms with van der Waals surface area (Å²) in [5, 5.41) is 13.8. The second kappa shape index (κ2) is 10.7. The Balaban J connectivity index is 2.79. The number of rotatable bonds is 9. The zero-order chi connectivity index (χ0) is 20.6. The maximum Gasteiger partial charge on any atom is 0.407 e. The van der Waals surface area contributed by atoms with Gasteiger partial charge in [0.25, 0.3) is 0 Å². The minimum absolute atomic E-state index is 0.279. The second-order valence-electron chi connectivity index (χ2n) is 8.96. The van der Waals surface area contributed by atoms with E-state index in [1.807, 2.05) is 39.0 Å². The summed E-state index contributed by atoms with van der Waals surface area (Å²) in [5.74, 6) is 0.348. The molecule has 27 heavy (non-hydrogen) atoms. The van der Waals surface area contributed by atoms with Crippen LogP contribution in [0.15, 0.2) is 30.3 Å². The van der Waals surface area contributed by atoms with Crippen molar-refractivity contribution in [1.82, 2.24) is 10.2 Å². The van der Waals surface area contributed by atoms with Crippen LogP contribution in [0.25, 0.3) is 0 Å². The molecule has 0 fully saturated rings. The van der Waals surface area contributed by atoms with Crippen molar-refractivity contribution in [1.29, 1.82) is 0 Å². The summed E-state index contributed by atoms with van der Waals surface area (Å²) in [6, 6.07) is 10.2. The van der Waals surface area contributed by atoms with Gasteiger partial charge >= 0.3 is 6.09 Å². The summed E-state index contributed by atoms with van der Waals surface area (Å²) >= 11 is 0. The Morgan fingerprint density at radius 1 is 1.15 bits per heavy atom. The minimum Gasteiger partial charge on any atom is -0.444 e. The number of aliphatic hydroxyl groups is 1. The van der Waals surface area contributed by atoms with Gasteiger partial charge in [0.05, 0.1) is 12.1 Å². The highest BCUT2D eigenvalue weighted by Crippen LogP contribution is 2.15. The third-order valence-corrected chi connectivity index (χ3v) is 4.27. The molecule has 1 rings (SSSR count). The molecule has 5 heteroatoms. The number of nitrogens with zero attached hydrogens (tertiary/aromatic N) is 1. The lowest BCUT2D eigenvalue weighted by atomic mass is 9.98. The lowest BCUT2D eigenvalue weighted by molar-refractivity contribution is 0.0296. The second-order valence-corrected chi connectivity index (χ2v) is 8.96. The average molecular weight is 379 g/mol. The van der Waals surface area contributed by atoms with Gasteiger partial charge < -0.3 is 15.2 Å². The van der Waals surface area contributed by atoms with Crippen molar-refractivity contribution in [3.63, 3.8) is 0 Å². The summed E-state index contributed by atoms with van der Waals surface area (Å²) in [4.78, 5) is 14.4. The van der Waals surface area contributed by atoms with Crippen molar-refractivity contribution < 1.29 is 14.6 Å². The van der Waals surface area contributed by atoms with Crippen molar-refractivity contribution in [2.45, 2.75) is 85.2 Å². The zero-order valence-corrected chi connectivity index (χ0v) is 18.0. The van der Waals surface area contributed by atoms with Crippen molar-refractivity contribution >= 4 is 6.09 Å². The number of alkyl carbamates (subject to hydrolysis) is 1. The van der Waals surface area contributed by atoms with Crippen molar-refractivity contribution in [3.8, 4) is 0 Å². The van der Waals surface area contributed by atoms with Crippen LogP contribution < -0.4 is 5.32 Å². The highest BCUT2D eigenvalue weighted by atomic mass is 16.6. The lowest BCUT2D eigenvalue weighted by Gasteiger charge is -2.33. The first kappa shape index (κ1) is 23.4. The number of hydrogen-bond donors (Lipinski definition) is 2. The normalized spacial score (nSPS) is 14.5. The van der Waals surface area contributed by atoms with E-state index in [9.17, 15) is 9.90 Å². The Morgan fingerprint density at radius 2 is 1.74 bits per heavy atom. The number of carbonyl (C=O) groups excluding carboxylic acids is 1. The standard InChI is InChI=1S/C22H38N2O3/c1-16(2)13-19(23-21(26)27-22(5,6)7)20(25)15-24(17(3)4)14-18-11-9-8-10-12-18/h8-12,16-17,19-20,25H,13-15H2,1-7H3,(H,23,26)/t19-,20+/m0/s1. The summed E-state index contributed by atoms with van der Waals surface area (Å²) in [7, 11) is 0. The Kier molecular flexibility index (Phi) is 9.27. The number of amides is 1. The minimum atomic E-state index is -0.675. The van der Waals surface area contributed by atoms with Crippen LogP contribution in [0, 0.1) is 5.92 Å². The first-order chi connectivity index (χ1) is 12.5. The topological polar surface area (TPSA) is 61.8 Å². The van der Waals surface area contributed by atoms with Gasteiger partial charge in [-0.25, -0.2) is 4.79 Å². The van der Waals surface area contributed by atoms with E-state index in [-0.39, 0.29) is 12.1 Å². The largest absolute Gasteiger partial charge is 0.444 e. The van der Waals surface area contributed by atoms with Crippen molar-refractivity contribution in [2.24, 2.45) is 5.92 Å². The highest BCUT2D eigenvalue weighted by Gasteiger charge is 2.27. The summed E-state index contributed by atoms with van der Waals surface area (Å²) < 4.78 is 5.37. The average Bonchev–Trinajstić information content (AvgIpc) is 2.52. The molecule has 2 atom stereocenters. The predicted molar refractivity (Wildman–Crippen MR) is 111 cm³/mol. The Labute approximate surface area is 165 Å². The number of aliphatic hydroxyl groups excluding tert-OH is 1. The fourth-order valence-corrected chi connectivity index (χ4v) is 2.92. The van der Waals surface area contributed by atoms with Gasteiger partial charge in [-0.05, 0) is 52.5 Å². The molecule has 0 bridgehead atoms. The van der Waals surface area contributed by atoms with Crippen LogP contribution in [0.4, 0.5) is 4.79 Å². The van der Waals surface area contributed by atoms with E-state index in [2.05, 4.69) is 50.0 Å². The third kappa shape index (κ3) is 9.78. The number of carbonyl (C=O) groups is 1. The monoisotopic (exact) mass is 378 g/mol. The van der Waals surface area contributed by atoms with Crippen LogP contribution in [0.2, 0.25) is 0 Å². The van der Waals surface area contributed by atoms with E-state index in [4.69, 9.17) is 4.74 Å². The smallest absolute Gasteiger partial charge is 0.407 e. The molecule has 0 aliphatic heterocycles. The molecular formula is C22H38N2O3. The van der Waals surface area contributed by atoms with Crippen LogP contribution in [0.5, 0.6) is 0 Å². The van der Waals surface area contributed by atoms with E-state index in [0.29, 0.717) is 18.9 Å². The predicted octanol–water partition coefficient (Wildman–Crippen LogP) is 4.20. The van der Waals surface area contributed by atoms with Crippen LogP contribution in [-0.4, -0.2) is 46.4 Å². The molecule has 0 saturated heterocycles. The maximum absolute atomic E-state index is 12.2. The van der Waals surface area contributed by atoms with E-state index >= 15 is 0 Å². The molecule has 1 aromatic carbocycles. The summed E-state index contributed by atoms with van der Waals surface area (Å²) in [5.41, 5.74) is 0.647. The summed E-state index contributed by atoms with van der Waals surface area (Å²) in [6.45, 7) is 15.2. The Morgan fingerprint density at radius 3 is 2.22 bits per heavy atom. The highest BCUT2D eigenvalue weighted by molar-refractivity contribution is 5.68. The molecule has 0 spiro atoms. The molecule has 0 radical (unpaired) electrons. The zero-order valence-electron chi connectivity index (χ0n) is 18.0. The van der Waals surface area contributed by atoms with Gasteiger partial charge in [0.1, 0.15) is 5.60 Å². The molecule has 2 N–H and O–H groups in total. The van der Waals surface area contributed by atoms with Crippen molar-refractivity contribution in [2.75, 3.05) is 6.54 Å². The van der Waals surface area contributed by atoms with E-state index in [1.165, 1.54) is 5.56 Å². The number of nitrogens with one attached hydrogen (secondary N) is 1. The summed E-state index contributed by atoms with van der Waals surface area (Å²) in [6.07, 6.45) is -0.463. The molecule has 0 aromatic heterocycles. The molecule has 0 heterocycles. The SMILES string of the molecule is CC(C)C[C@H](NC(=O)OC(C)(C)C)[C@H](O)CN(Cc1ccccc1)C(C)C. The lowest BCUT2D eigenvalue weighted by Crippen LogP contribution is -2.50. The molecule has 1 amide bonds. The van der Waals surface area contributed by atoms with Crippen LogP contribution in [0.1, 0.15) is 60.5 Å². The molecule has 0 unspecified atom stereocenters. The molecule has 0 aliphatic rings. The van der Waals surface area contributed by atoms with E-state index in [0.717, 1.165) is 6.54 Å². The van der Waals surface area contributed by atoms with Gasteiger partial charge in [-0.3, -0.25) is 4.90 Å². The molecule has 154 valence electrons. The fourth-order valence-electron chi connectivity index (χ4n) is 2.92. The molecule has 0 aliphatic carbocycles. The molecule has 1 aromatic rings. The van der Waals surface area contributed by atoms with E-state index < -0.39 is 17.8 Å². The first-order valence-electron chi connectivity index (χ1n) is 9.93. The van der Waals surface area contributed by atoms with Gasteiger partial charge in [0, 0.05) is 19.1 Å². The number of benzene rings is 1. The third-order valence-electron chi connectivity index (χ3n) is 4.27. The van der Waals surface area contributed by atoms with Gasteiger partial charge in [0.15, 0.2) is 0 Å². The van der Waals surface area contributed by atoms with Crippen LogP contribution in [-0.2, 0) is 11.3 Å². The quantitative estimate of drug-likeness (QED) is 0.676. The molecular weight excluding hydrogens is 340 g/mol. The van der Waals surface area contributed by atoms with Crippen LogP contribution >= 0.6 is 0 Å². The molecule has 0 saturated carbocycles. The van der Waals surface area contributed by atoms with Crippen LogP contribution in [0.3, 0.4) is 0 Å². The number of hydrogen-bond acceptors (Lipinski definition) is 4. The van der Waals surface area contributed by atoms with Crippen molar-refractivity contribution in [3.05, 3.63) is 35.9 Å². The molecule has 5 nitrogen and oxygen atoms in total. The Bertz CT molecular complexity index is 552. The van der Waals surface area contributed by atoms with Gasteiger partial charge in [0.2, 0.25) is 0 Å². The number of ether oxygens (including phenoxy) is 1. The first-order valence-corrected chi connectivity index (χ1v) is 9.93.